The van der Waals surface area contributed by atoms with E-state index < -0.39 is 109 Å². The Hall–Kier alpha value is -4.29. The number of alkyl carbamates (subject to hydrolysis) is 1. The Morgan fingerprint density at radius 2 is 1.55 bits per heavy atom. The first-order valence-corrected chi connectivity index (χ1v) is 26.4. The van der Waals surface area contributed by atoms with Crippen molar-refractivity contribution in [2.24, 2.45) is 16.7 Å². The van der Waals surface area contributed by atoms with E-state index in [0.29, 0.717) is 16.9 Å². The fraction of sp³-hybridized carbons (Fsp3) is 0.712. The van der Waals surface area contributed by atoms with Crippen molar-refractivity contribution in [1.29, 1.82) is 0 Å². The molecule has 4 bridgehead atoms. The van der Waals surface area contributed by atoms with E-state index in [1.54, 1.807) is 66.7 Å². The molecule has 4 fully saturated rings. The number of carbonyl (C=O) groups excluding carboxylic acids is 5. The van der Waals surface area contributed by atoms with Crippen LogP contribution in [0.5, 0.6) is 11.5 Å². The van der Waals surface area contributed by atoms with E-state index in [1.165, 1.54) is 27.2 Å². The van der Waals surface area contributed by atoms with Gasteiger partial charge in [-0.2, -0.15) is 0 Å². The third-order valence-electron chi connectivity index (χ3n) is 15.8. The van der Waals surface area contributed by atoms with Crippen molar-refractivity contribution >= 4 is 38.1 Å². The summed E-state index contributed by atoms with van der Waals surface area (Å²) in [5.74, 6) is -3.55. The molecule has 0 unspecified atom stereocenters. The van der Waals surface area contributed by atoms with Crippen molar-refractivity contribution in [3.8, 4) is 11.5 Å². The van der Waals surface area contributed by atoms with E-state index in [0.717, 1.165) is 5.57 Å². The van der Waals surface area contributed by atoms with Gasteiger partial charge in [0.05, 0.1) is 44.3 Å². The minimum atomic E-state index is -2.95. The summed E-state index contributed by atoms with van der Waals surface area (Å²) in [5, 5.41) is 17.0. The van der Waals surface area contributed by atoms with Gasteiger partial charge >= 0.3 is 24.0 Å². The third kappa shape index (κ3) is 9.05. The molecule has 2 saturated carbocycles. The number of amides is 1. The fourth-order valence-electron chi connectivity index (χ4n) is 12.7. The normalized spacial score (nSPS) is 31.1. The van der Waals surface area contributed by atoms with Crippen molar-refractivity contribution in [2.45, 2.75) is 200 Å². The molecule has 1 amide bonds. The Balaban J connectivity index is 1.58. The van der Waals surface area contributed by atoms with Crippen LogP contribution in [-0.2, 0) is 47.2 Å². The average Bonchev–Trinajstić information content (AvgIpc) is 3.47. The second-order valence-corrected chi connectivity index (χ2v) is 28.1. The number of nitrogens with one attached hydrogen (secondary N) is 1. The maximum absolute atomic E-state index is 15.5. The molecule has 1 aromatic rings. The summed E-state index contributed by atoms with van der Waals surface area (Å²) in [6.45, 7) is 29.5. The zero-order valence-corrected chi connectivity index (χ0v) is 44.9. The number of allylic oxidation sites excluding steroid dienone is 1. The van der Waals surface area contributed by atoms with Crippen LogP contribution in [0.25, 0.3) is 0 Å². The third-order valence-corrected chi connectivity index (χ3v) is 21.9. The Morgan fingerprint density at radius 3 is 2.06 bits per heavy atom. The van der Waals surface area contributed by atoms with Gasteiger partial charge in [-0.3, -0.25) is 9.59 Å². The zero-order valence-electron chi connectivity index (χ0n) is 43.9. The SMILES string of the molecule is COc1ccc(OC)c(C(=O)O[C@H]2[C@@H]3[C@]4(OC(C)=O)CO[C@@H]4C[C@H]4O[C@H](C(=O)[C@@]34C)C3=C(C)[C@@H](OC(=O)[C@H](O[Si](C(C)C)(C(C)C)C(C)C)[C@H](C=C(C)C)NC(=O)OC(C)(C)C)C[C@]2(O)C3(C)C)c1. The lowest BCUT2D eigenvalue weighted by Gasteiger charge is -2.65. The second kappa shape index (κ2) is 19.0. The molecule has 0 radical (unpaired) electrons. The van der Waals surface area contributed by atoms with E-state index in [9.17, 15) is 19.5 Å². The van der Waals surface area contributed by atoms with Crippen LogP contribution >= 0.6 is 0 Å². The topological polar surface area (TPSA) is 201 Å². The summed E-state index contributed by atoms with van der Waals surface area (Å²) < 4.78 is 56.7. The van der Waals surface area contributed by atoms with Gasteiger partial charge in [-0.25, -0.2) is 14.4 Å². The number of esters is 3. The Kier molecular flexibility index (Phi) is 14.9. The fourth-order valence-corrected chi connectivity index (χ4v) is 18.2. The predicted octanol–water partition coefficient (Wildman–Crippen LogP) is 8.12. The van der Waals surface area contributed by atoms with Crippen molar-refractivity contribution < 1.29 is 71.4 Å². The van der Waals surface area contributed by atoms with Crippen LogP contribution in [0.1, 0.15) is 134 Å². The van der Waals surface area contributed by atoms with Crippen LogP contribution in [-0.4, -0.2) is 124 Å². The smallest absolute Gasteiger partial charge is 0.408 e. The molecule has 384 valence electrons. The van der Waals surface area contributed by atoms with Crippen LogP contribution in [0, 0.1) is 16.7 Å². The highest BCUT2D eigenvalue weighted by Gasteiger charge is 2.80. The number of rotatable bonds is 15. The average molecular weight is 984 g/mol. The molecule has 11 atom stereocenters. The molecule has 5 aliphatic rings. The van der Waals surface area contributed by atoms with Gasteiger partial charge in [0.15, 0.2) is 17.5 Å². The number of benzene rings is 1. The Labute approximate surface area is 408 Å². The molecule has 0 spiro atoms. The van der Waals surface area contributed by atoms with Gasteiger partial charge in [0.25, 0.3) is 0 Å². The first-order chi connectivity index (χ1) is 31.9. The molecule has 2 heterocycles. The molecule has 2 saturated heterocycles. The van der Waals surface area contributed by atoms with Gasteiger partial charge in [-0.15, -0.1) is 0 Å². The van der Waals surface area contributed by atoms with Crippen LogP contribution in [0.15, 0.2) is 41.0 Å². The van der Waals surface area contributed by atoms with Crippen LogP contribution < -0.4 is 14.8 Å². The molecule has 2 aliphatic heterocycles. The molecular weight excluding hydrogens is 907 g/mol. The quantitative estimate of drug-likeness (QED) is 0.0738. The monoisotopic (exact) mass is 984 g/mol. The maximum atomic E-state index is 15.5. The summed E-state index contributed by atoms with van der Waals surface area (Å²) in [4.78, 5) is 72.8. The second-order valence-electron chi connectivity index (χ2n) is 22.7. The number of methoxy groups -OCH3 is 2. The summed E-state index contributed by atoms with van der Waals surface area (Å²) in [5.41, 5.74) is -5.93. The van der Waals surface area contributed by atoms with E-state index >= 15 is 9.59 Å². The van der Waals surface area contributed by atoms with Crippen molar-refractivity contribution in [2.75, 3.05) is 20.8 Å². The largest absolute Gasteiger partial charge is 0.497 e. The standard InChI is InChI=1S/C52H77NO15Si/c1-26(2)21-34(53-47(58)67-48(11,12)13)40(68-69(27(3)4,28(5)6)29(7)8)46(57)63-36-24-52(59)44(65-45(56)33-22-32(60-17)19-20-35(33)61-18)42-50(16)37(23-38-51(42,25-62-38)66-31(10)54)64-41(43(50)55)39(30(36)9)49(52,14)15/h19-22,27-29,34,36-38,40-42,44,59H,23-25H2,1-18H3,(H,53,58)/t34-,36-,37+,38+,40+,41-,42-,44-,50+,51-,52+/m0/s1. The minimum absolute atomic E-state index is 0.00930. The van der Waals surface area contributed by atoms with Crippen molar-refractivity contribution in [3.63, 3.8) is 0 Å². The van der Waals surface area contributed by atoms with Gasteiger partial charge < -0.3 is 52.7 Å². The van der Waals surface area contributed by atoms with E-state index in [1.807, 2.05) is 13.8 Å². The summed E-state index contributed by atoms with van der Waals surface area (Å²) in [7, 11) is -0.104. The highest BCUT2D eigenvalue weighted by Crippen LogP contribution is 2.67. The lowest BCUT2D eigenvalue weighted by molar-refractivity contribution is -0.338. The number of carbonyl (C=O) groups is 5. The molecule has 0 aromatic heterocycles. The highest BCUT2D eigenvalue weighted by atomic mass is 28.4. The van der Waals surface area contributed by atoms with E-state index in [2.05, 4.69) is 46.9 Å². The number of ketones is 1. The number of hydrogen-bond donors (Lipinski definition) is 2. The van der Waals surface area contributed by atoms with Gasteiger partial charge in [-0.05, 0) is 94.4 Å². The maximum Gasteiger partial charge on any atom is 0.408 e. The van der Waals surface area contributed by atoms with Crippen LogP contribution in [0.2, 0.25) is 16.6 Å². The number of aliphatic hydroxyl groups is 1. The first kappa shape index (κ1) is 54.0. The predicted molar refractivity (Wildman–Crippen MR) is 257 cm³/mol. The van der Waals surface area contributed by atoms with Gasteiger partial charge in [0.2, 0.25) is 8.32 Å². The number of ether oxygens (including phenoxy) is 8. The molecule has 3 aliphatic carbocycles. The first-order valence-electron chi connectivity index (χ1n) is 24.3. The number of Topliss-reactive ketones (excluding diaryl/α,β-unsaturated/α-hetero) is 1. The molecule has 69 heavy (non-hydrogen) atoms. The minimum Gasteiger partial charge on any atom is -0.497 e. The summed E-state index contributed by atoms with van der Waals surface area (Å²) in [6.07, 6.45) is -6.41. The summed E-state index contributed by atoms with van der Waals surface area (Å²) >= 11 is 0. The molecule has 17 heteroatoms. The zero-order chi connectivity index (χ0) is 51.7. The molecule has 2 N–H and O–H groups in total. The van der Waals surface area contributed by atoms with E-state index in [-0.39, 0.29) is 53.2 Å². The van der Waals surface area contributed by atoms with Crippen molar-refractivity contribution in [1.82, 2.24) is 5.32 Å². The van der Waals surface area contributed by atoms with Crippen LogP contribution in [0.3, 0.4) is 0 Å². The van der Waals surface area contributed by atoms with Crippen molar-refractivity contribution in [3.05, 3.63) is 46.6 Å². The highest BCUT2D eigenvalue weighted by molar-refractivity contribution is 6.77. The molecule has 1 aromatic carbocycles. The van der Waals surface area contributed by atoms with Gasteiger partial charge in [0.1, 0.15) is 52.7 Å². The van der Waals surface area contributed by atoms with Crippen LogP contribution in [0.4, 0.5) is 4.79 Å². The lowest BCUT2D eigenvalue weighted by Crippen LogP contribution is -2.80. The lowest BCUT2D eigenvalue weighted by atomic mass is 9.46. The van der Waals surface area contributed by atoms with Gasteiger partial charge in [-0.1, -0.05) is 67.0 Å². The Bertz CT molecular complexity index is 2240. The number of fused-ring (bicyclic) bond motifs is 6. The summed E-state index contributed by atoms with van der Waals surface area (Å²) in [6, 6.07) is 3.54. The van der Waals surface area contributed by atoms with E-state index in [4.69, 9.17) is 42.3 Å². The number of hydrogen-bond acceptors (Lipinski definition) is 15. The Morgan fingerprint density at radius 1 is 0.928 bits per heavy atom. The molecule has 6 rings (SSSR count). The molecule has 16 nitrogen and oxygen atoms in total. The molecular formula is C52H77NO15Si. The van der Waals surface area contributed by atoms with Gasteiger partial charge in [0, 0.05) is 25.2 Å².